The highest BCUT2D eigenvalue weighted by Gasteiger charge is 2.27. The van der Waals surface area contributed by atoms with E-state index in [4.69, 9.17) is 14.2 Å². The number of carbonyl (C=O) groups is 1. The molecule has 1 saturated heterocycles. The van der Waals surface area contributed by atoms with E-state index in [9.17, 15) is 4.79 Å². The summed E-state index contributed by atoms with van der Waals surface area (Å²) in [6, 6.07) is 7.77. The molecule has 150 valence electrons. The number of rotatable bonds is 6. The average molecular weight is 387 g/mol. The highest BCUT2D eigenvalue weighted by atomic mass is 16.5. The number of nitrogens with zero attached hydrogens (tertiary/aromatic N) is 4. The Morgan fingerprint density at radius 2 is 2.07 bits per heavy atom. The molecule has 4 rings (SSSR count). The Labute approximate surface area is 163 Å². The zero-order chi connectivity index (χ0) is 19.3. The summed E-state index contributed by atoms with van der Waals surface area (Å²) in [7, 11) is 1.64. The molecule has 0 saturated carbocycles. The first-order valence-electron chi connectivity index (χ1n) is 9.51. The van der Waals surface area contributed by atoms with Crippen molar-refractivity contribution in [1.82, 2.24) is 25.2 Å². The first-order chi connectivity index (χ1) is 13.7. The van der Waals surface area contributed by atoms with Crippen molar-refractivity contribution in [3.05, 3.63) is 41.2 Å². The maximum absolute atomic E-state index is 12.5. The molecule has 2 aromatic rings. The third-order valence-corrected chi connectivity index (χ3v) is 5.12. The molecule has 1 N–H and O–H groups in total. The Hall–Kier alpha value is -2.49. The largest absolute Gasteiger partial charge is 0.497 e. The normalized spacial score (nSPS) is 19.8. The van der Waals surface area contributed by atoms with E-state index in [1.54, 1.807) is 11.8 Å². The number of morpholine rings is 1. The second-order valence-corrected chi connectivity index (χ2v) is 6.85. The Morgan fingerprint density at radius 3 is 2.82 bits per heavy atom. The van der Waals surface area contributed by atoms with Crippen LogP contribution in [0, 0.1) is 0 Å². The maximum atomic E-state index is 12.5. The average Bonchev–Trinajstić information content (AvgIpc) is 3.18. The van der Waals surface area contributed by atoms with Gasteiger partial charge in [-0.2, -0.15) is 0 Å². The van der Waals surface area contributed by atoms with Gasteiger partial charge in [-0.25, -0.2) is 4.68 Å². The van der Waals surface area contributed by atoms with Crippen molar-refractivity contribution in [3.63, 3.8) is 0 Å². The smallest absolute Gasteiger partial charge is 0.273 e. The van der Waals surface area contributed by atoms with Gasteiger partial charge in [-0.3, -0.25) is 9.69 Å². The number of carbonyl (C=O) groups excluding carboxylic acids is 1. The summed E-state index contributed by atoms with van der Waals surface area (Å²) in [5.74, 6) is 0.595. The standard InChI is InChI=1S/C19H25N5O4/c1-26-15-4-2-14(3-5-15)17-12-24-16(13-28-17)18(21-22-24)19(25)20-6-7-23-8-10-27-11-9-23/h2-5,17H,6-13H2,1H3,(H,20,25)/t17-/m0/s1. The topological polar surface area (TPSA) is 90.7 Å². The van der Waals surface area contributed by atoms with Crippen LogP contribution in [0.15, 0.2) is 24.3 Å². The van der Waals surface area contributed by atoms with E-state index in [1.165, 1.54) is 0 Å². The number of aromatic nitrogens is 3. The summed E-state index contributed by atoms with van der Waals surface area (Å²) in [6.07, 6.45) is -0.127. The fourth-order valence-electron chi connectivity index (χ4n) is 3.44. The summed E-state index contributed by atoms with van der Waals surface area (Å²) < 4.78 is 18.2. The van der Waals surface area contributed by atoms with Gasteiger partial charge in [0, 0.05) is 26.2 Å². The number of ether oxygens (including phenoxy) is 3. The Kier molecular flexibility index (Phi) is 5.84. The first-order valence-corrected chi connectivity index (χ1v) is 9.51. The molecule has 0 spiro atoms. The van der Waals surface area contributed by atoms with Gasteiger partial charge < -0.3 is 19.5 Å². The minimum Gasteiger partial charge on any atom is -0.497 e. The van der Waals surface area contributed by atoms with Gasteiger partial charge in [0.05, 0.1) is 39.2 Å². The van der Waals surface area contributed by atoms with E-state index in [0.29, 0.717) is 31.1 Å². The number of methoxy groups -OCH3 is 1. The van der Waals surface area contributed by atoms with Crippen molar-refractivity contribution in [2.24, 2.45) is 0 Å². The van der Waals surface area contributed by atoms with Gasteiger partial charge in [0.15, 0.2) is 5.69 Å². The molecule has 2 aliphatic heterocycles. The van der Waals surface area contributed by atoms with Crippen LogP contribution in [0.2, 0.25) is 0 Å². The SMILES string of the molecule is COc1ccc([C@@H]2Cn3nnc(C(=O)NCCN4CCOCC4)c3CO2)cc1. The minimum absolute atomic E-state index is 0.127. The summed E-state index contributed by atoms with van der Waals surface area (Å²) in [4.78, 5) is 14.8. The molecule has 0 bridgehead atoms. The third-order valence-electron chi connectivity index (χ3n) is 5.12. The number of hydrogen-bond acceptors (Lipinski definition) is 7. The van der Waals surface area contributed by atoms with Crippen LogP contribution in [0.3, 0.4) is 0 Å². The molecule has 1 aromatic carbocycles. The first kappa shape index (κ1) is 18.9. The van der Waals surface area contributed by atoms with Crippen LogP contribution in [0.25, 0.3) is 0 Å². The maximum Gasteiger partial charge on any atom is 0.273 e. The van der Waals surface area contributed by atoms with Gasteiger partial charge in [0.25, 0.3) is 5.91 Å². The fraction of sp³-hybridized carbons (Fsp3) is 0.526. The fourth-order valence-corrected chi connectivity index (χ4v) is 3.44. The molecule has 1 atom stereocenters. The number of hydrogen-bond donors (Lipinski definition) is 1. The van der Waals surface area contributed by atoms with E-state index in [1.807, 2.05) is 24.3 Å². The molecule has 1 aromatic heterocycles. The molecule has 0 unspecified atom stereocenters. The Balaban J connectivity index is 1.34. The Morgan fingerprint density at radius 1 is 1.29 bits per heavy atom. The predicted molar refractivity (Wildman–Crippen MR) is 100 cm³/mol. The van der Waals surface area contributed by atoms with Crippen molar-refractivity contribution in [2.75, 3.05) is 46.5 Å². The van der Waals surface area contributed by atoms with Crippen molar-refractivity contribution in [1.29, 1.82) is 0 Å². The summed E-state index contributed by atoms with van der Waals surface area (Å²) in [6.45, 7) is 5.49. The Bertz CT molecular complexity index is 801. The molecule has 0 aliphatic carbocycles. The molecule has 28 heavy (non-hydrogen) atoms. The van der Waals surface area contributed by atoms with Crippen LogP contribution in [0.5, 0.6) is 5.75 Å². The summed E-state index contributed by atoms with van der Waals surface area (Å²) in [5, 5.41) is 11.2. The van der Waals surface area contributed by atoms with Crippen LogP contribution in [0.1, 0.15) is 27.8 Å². The number of nitrogens with one attached hydrogen (secondary N) is 1. The second-order valence-electron chi connectivity index (χ2n) is 6.85. The number of benzene rings is 1. The molecular formula is C19H25N5O4. The van der Waals surface area contributed by atoms with Gasteiger partial charge in [0.2, 0.25) is 0 Å². The van der Waals surface area contributed by atoms with Gasteiger partial charge >= 0.3 is 0 Å². The van der Waals surface area contributed by atoms with E-state index in [0.717, 1.165) is 44.2 Å². The van der Waals surface area contributed by atoms with E-state index in [-0.39, 0.29) is 12.0 Å². The van der Waals surface area contributed by atoms with Gasteiger partial charge in [0.1, 0.15) is 11.9 Å². The highest BCUT2D eigenvalue weighted by molar-refractivity contribution is 5.93. The lowest BCUT2D eigenvalue weighted by Gasteiger charge is -2.26. The van der Waals surface area contributed by atoms with Gasteiger partial charge in [-0.05, 0) is 17.7 Å². The van der Waals surface area contributed by atoms with Crippen LogP contribution in [-0.4, -0.2) is 72.3 Å². The molecule has 0 radical (unpaired) electrons. The van der Waals surface area contributed by atoms with Crippen molar-refractivity contribution < 1.29 is 19.0 Å². The van der Waals surface area contributed by atoms with E-state index in [2.05, 4.69) is 20.5 Å². The van der Waals surface area contributed by atoms with Crippen LogP contribution < -0.4 is 10.1 Å². The van der Waals surface area contributed by atoms with Crippen LogP contribution >= 0.6 is 0 Å². The number of amides is 1. The van der Waals surface area contributed by atoms with E-state index >= 15 is 0 Å². The van der Waals surface area contributed by atoms with Gasteiger partial charge in [-0.1, -0.05) is 17.3 Å². The lowest BCUT2D eigenvalue weighted by atomic mass is 10.1. The summed E-state index contributed by atoms with van der Waals surface area (Å²) in [5.41, 5.74) is 2.10. The zero-order valence-electron chi connectivity index (χ0n) is 16.0. The van der Waals surface area contributed by atoms with Crippen LogP contribution in [0.4, 0.5) is 0 Å². The second kappa shape index (κ2) is 8.68. The molecule has 2 aliphatic rings. The molecule has 9 nitrogen and oxygen atoms in total. The zero-order valence-corrected chi connectivity index (χ0v) is 16.0. The molecule has 1 amide bonds. The lowest BCUT2D eigenvalue weighted by Crippen LogP contribution is -2.41. The predicted octanol–water partition coefficient (Wildman–Crippen LogP) is 0.620. The van der Waals surface area contributed by atoms with Crippen molar-refractivity contribution in [2.45, 2.75) is 19.3 Å². The molecule has 3 heterocycles. The minimum atomic E-state index is -0.207. The molecular weight excluding hydrogens is 362 g/mol. The molecule has 1 fully saturated rings. The quantitative estimate of drug-likeness (QED) is 0.777. The number of fused-ring (bicyclic) bond motifs is 1. The third kappa shape index (κ3) is 4.16. The monoisotopic (exact) mass is 387 g/mol. The van der Waals surface area contributed by atoms with E-state index < -0.39 is 0 Å². The van der Waals surface area contributed by atoms with Gasteiger partial charge in [-0.15, -0.1) is 5.10 Å². The molecule has 9 heteroatoms. The van der Waals surface area contributed by atoms with Crippen molar-refractivity contribution >= 4 is 5.91 Å². The lowest BCUT2D eigenvalue weighted by molar-refractivity contribution is -0.00180. The summed E-state index contributed by atoms with van der Waals surface area (Å²) >= 11 is 0. The van der Waals surface area contributed by atoms with Crippen molar-refractivity contribution in [3.8, 4) is 5.75 Å². The van der Waals surface area contributed by atoms with Crippen LogP contribution in [-0.2, 0) is 22.6 Å². The highest BCUT2D eigenvalue weighted by Crippen LogP contribution is 2.28.